The summed E-state index contributed by atoms with van der Waals surface area (Å²) in [6, 6.07) is 4.79. The lowest BCUT2D eigenvalue weighted by molar-refractivity contribution is -0.123. The number of hydrogen-bond donors (Lipinski definition) is 0. The Bertz CT molecular complexity index is 447. The van der Waals surface area contributed by atoms with Gasteiger partial charge in [-0.1, -0.05) is 19.1 Å². The summed E-state index contributed by atoms with van der Waals surface area (Å²) in [6.07, 6.45) is 1.93. The second-order valence-electron chi connectivity index (χ2n) is 4.57. The standard InChI is InChI=1S/C14H16BrFO2/c1-2-13-10(6-7-18-13)12(17)8-9-4-3-5-11(16)14(9)15/h3-5,10,13H,2,6-8H2,1H3. The van der Waals surface area contributed by atoms with Gasteiger partial charge in [-0.3, -0.25) is 4.79 Å². The van der Waals surface area contributed by atoms with Gasteiger partial charge < -0.3 is 4.74 Å². The normalized spacial score (nSPS) is 23.3. The highest BCUT2D eigenvalue weighted by Crippen LogP contribution is 2.27. The molecule has 1 fully saturated rings. The fourth-order valence-electron chi connectivity index (χ4n) is 2.42. The molecule has 4 heteroatoms. The van der Waals surface area contributed by atoms with Gasteiger partial charge in [0.2, 0.25) is 0 Å². The number of carbonyl (C=O) groups is 1. The van der Waals surface area contributed by atoms with Crippen LogP contribution in [0.3, 0.4) is 0 Å². The molecule has 18 heavy (non-hydrogen) atoms. The zero-order valence-corrected chi connectivity index (χ0v) is 11.9. The van der Waals surface area contributed by atoms with Crippen molar-refractivity contribution >= 4 is 21.7 Å². The van der Waals surface area contributed by atoms with Crippen LogP contribution in [-0.2, 0) is 16.0 Å². The van der Waals surface area contributed by atoms with Crippen molar-refractivity contribution in [1.29, 1.82) is 0 Å². The molecule has 0 aliphatic carbocycles. The molecule has 1 aliphatic heterocycles. The first-order chi connectivity index (χ1) is 8.63. The SMILES string of the molecule is CCC1OCCC1C(=O)Cc1cccc(F)c1Br. The molecule has 1 aliphatic rings. The van der Waals surface area contributed by atoms with Gasteiger partial charge in [-0.05, 0) is 40.4 Å². The third-order valence-corrected chi connectivity index (χ3v) is 4.31. The molecule has 0 spiro atoms. The molecule has 2 atom stereocenters. The number of ether oxygens (including phenoxy) is 1. The van der Waals surface area contributed by atoms with E-state index in [1.807, 2.05) is 6.92 Å². The molecule has 1 aromatic carbocycles. The van der Waals surface area contributed by atoms with Gasteiger partial charge in [0.05, 0.1) is 10.6 Å². The summed E-state index contributed by atoms with van der Waals surface area (Å²) < 4.78 is 19.3. The van der Waals surface area contributed by atoms with E-state index in [0.29, 0.717) is 16.6 Å². The smallest absolute Gasteiger partial charge is 0.143 e. The second kappa shape index (κ2) is 5.93. The van der Waals surface area contributed by atoms with Crippen LogP contribution in [0.15, 0.2) is 22.7 Å². The van der Waals surface area contributed by atoms with Crippen LogP contribution in [0.2, 0.25) is 0 Å². The van der Waals surface area contributed by atoms with Crippen molar-refractivity contribution in [1.82, 2.24) is 0 Å². The highest BCUT2D eigenvalue weighted by atomic mass is 79.9. The van der Waals surface area contributed by atoms with Crippen molar-refractivity contribution < 1.29 is 13.9 Å². The van der Waals surface area contributed by atoms with Crippen LogP contribution in [0, 0.1) is 11.7 Å². The third kappa shape index (κ3) is 2.81. The first-order valence-corrected chi connectivity index (χ1v) is 7.00. The number of halogens is 2. The fourth-order valence-corrected chi connectivity index (χ4v) is 2.83. The van der Waals surface area contributed by atoms with Crippen LogP contribution in [-0.4, -0.2) is 18.5 Å². The van der Waals surface area contributed by atoms with Gasteiger partial charge in [0, 0.05) is 18.9 Å². The molecule has 2 nitrogen and oxygen atoms in total. The van der Waals surface area contributed by atoms with E-state index in [0.717, 1.165) is 12.8 Å². The van der Waals surface area contributed by atoms with Crippen molar-refractivity contribution in [3.63, 3.8) is 0 Å². The Morgan fingerprint density at radius 3 is 3.06 bits per heavy atom. The Balaban J connectivity index is 2.09. The number of rotatable bonds is 4. The van der Waals surface area contributed by atoms with Gasteiger partial charge in [-0.15, -0.1) is 0 Å². The lowest BCUT2D eigenvalue weighted by Crippen LogP contribution is -2.25. The largest absolute Gasteiger partial charge is 0.377 e. The minimum atomic E-state index is -0.324. The Kier molecular flexibility index (Phi) is 4.51. The maximum absolute atomic E-state index is 13.4. The first kappa shape index (κ1) is 13.7. The monoisotopic (exact) mass is 314 g/mol. The molecule has 0 amide bonds. The number of ketones is 1. The molecule has 98 valence electrons. The van der Waals surface area contributed by atoms with Gasteiger partial charge in [-0.25, -0.2) is 4.39 Å². The molecular formula is C14H16BrFO2. The van der Waals surface area contributed by atoms with E-state index in [1.54, 1.807) is 12.1 Å². The zero-order chi connectivity index (χ0) is 13.1. The van der Waals surface area contributed by atoms with E-state index in [1.165, 1.54) is 6.07 Å². The second-order valence-corrected chi connectivity index (χ2v) is 5.36. The summed E-state index contributed by atoms with van der Waals surface area (Å²) in [5.41, 5.74) is 0.710. The fraction of sp³-hybridized carbons (Fsp3) is 0.500. The number of carbonyl (C=O) groups excluding carboxylic acids is 1. The molecule has 0 N–H and O–H groups in total. The van der Waals surface area contributed by atoms with E-state index >= 15 is 0 Å². The molecule has 2 unspecified atom stereocenters. The first-order valence-electron chi connectivity index (χ1n) is 6.20. The minimum absolute atomic E-state index is 0.0323. The van der Waals surface area contributed by atoms with Crippen LogP contribution in [0.4, 0.5) is 4.39 Å². The maximum atomic E-state index is 13.4. The molecule has 0 radical (unpaired) electrons. The summed E-state index contributed by atoms with van der Waals surface area (Å²) in [5.74, 6) is -0.217. The lowest BCUT2D eigenvalue weighted by atomic mass is 9.91. The van der Waals surface area contributed by atoms with Crippen molar-refractivity contribution in [3.8, 4) is 0 Å². The summed E-state index contributed by atoms with van der Waals surface area (Å²) in [6.45, 7) is 2.67. The van der Waals surface area contributed by atoms with Crippen LogP contribution >= 0.6 is 15.9 Å². The molecule has 1 saturated heterocycles. The maximum Gasteiger partial charge on any atom is 0.143 e. The van der Waals surface area contributed by atoms with E-state index in [2.05, 4.69) is 15.9 Å². The Hall–Kier alpha value is -0.740. The van der Waals surface area contributed by atoms with Gasteiger partial charge in [0.25, 0.3) is 0 Å². The van der Waals surface area contributed by atoms with Crippen LogP contribution in [0.1, 0.15) is 25.3 Å². The highest BCUT2D eigenvalue weighted by Gasteiger charge is 2.32. The summed E-state index contributed by atoms with van der Waals surface area (Å²) >= 11 is 3.19. The minimum Gasteiger partial charge on any atom is -0.377 e. The molecule has 1 aromatic rings. The topological polar surface area (TPSA) is 26.3 Å². The van der Waals surface area contributed by atoms with Crippen LogP contribution in [0.25, 0.3) is 0 Å². The summed E-state index contributed by atoms with van der Waals surface area (Å²) in [5, 5.41) is 0. The van der Waals surface area contributed by atoms with Gasteiger partial charge in [-0.2, -0.15) is 0 Å². The number of hydrogen-bond acceptors (Lipinski definition) is 2. The van der Waals surface area contributed by atoms with E-state index in [-0.39, 0.29) is 30.0 Å². The lowest BCUT2D eigenvalue weighted by Gasteiger charge is -2.16. The van der Waals surface area contributed by atoms with E-state index in [4.69, 9.17) is 4.74 Å². The summed E-state index contributed by atoms with van der Waals surface area (Å²) in [7, 11) is 0. The average Bonchev–Trinajstić information content (AvgIpc) is 2.83. The zero-order valence-electron chi connectivity index (χ0n) is 10.3. The molecule has 0 bridgehead atoms. The predicted octanol–water partition coefficient (Wildman–Crippen LogP) is 3.51. The van der Waals surface area contributed by atoms with Gasteiger partial charge >= 0.3 is 0 Å². The van der Waals surface area contributed by atoms with Crippen molar-refractivity contribution in [3.05, 3.63) is 34.1 Å². The van der Waals surface area contributed by atoms with Crippen molar-refractivity contribution in [2.75, 3.05) is 6.61 Å². The Morgan fingerprint density at radius 2 is 2.33 bits per heavy atom. The summed E-state index contributed by atoms with van der Waals surface area (Å²) in [4.78, 5) is 12.2. The van der Waals surface area contributed by atoms with E-state index < -0.39 is 0 Å². The number of benzene rings is 1. The van der Waals surface area contributed by atoms with E-state index in [9.17, 15) is 9.18 Å². The highest BCUT2D eigenvalue weighted by molar-refractivity contribution is 9.10. The quantitative estimate of drug-likeness (QED) is 0.850. The van der Waals surface area contributed by atoms with Crippen molar-refractivity contribution in [2.24, 2.45) is 5.92 Å². The van der Waals surface area contributed by atoms with Crippen molar-refractivity contribution in [2.45, 2.75) is 32.3 Å². The molecule has 2 rings (SSSR count). The third-order valence-electron chi connectivity index (χ3n) is 3.42. The molecule has 0 aromatic heterocycles. The Labute approximate surface area is 115 Å². The molecule has 0 saturated carbocycles. The predicted molar refractivity (Wildman–Crippen MR) is 70.9 cm³/mol. The molecule has 1 heterocycles. The molecular weight excluding hydrogens is 299 g/mol. The van der Waals surface area contributed by atoms with Gasteiger partial charge in [0.1, 0.15) is 11.6 Å². The number of Topliss-reactive ketones (excluding diaryl/α,β-unsaturated/α-hetero) is 1. The van der Waals surface area contributed by atoms with Gasteiger partial charge in [0.15, 0.2) is 0 Å². The Morgan fingerprint density at radius 1 is 1.56 bits per heavy atom. The van der Waals surface area contributed by atoms with Crippen LogP contribution < -0.4 is 0 Å². The average molecular weight is 315 g/mol. The van der Waals surface area contributed by atoms with Crippen LogP contribution in [0.5, 0.6) is 0 Å².